The molecule has 1 aromatic heterocycles. The summed E-state index contributed by atoms with van der Waals surface area (Å²) in [5, 5.41) is 12.6. The third-order valence-electron chi connectivity index (χ3n) is 6.04. The molecule has 1 heterocycles. The van der Waals surface area contributed by atoms with Crippen molar-refractivity contribution in [1.29, 1.82) is 0 Å². The third kappa shape index (κ3) is 6.00. The van der Waals surface area contributed by atoms with Crippen LogP contribution in [0, 0.1) is 12.8 Å². The molecule has 6 nitrogen and oxygen atoms in total. The fourth-order valence-corrected chi connectivity index (χ4v) is 4.89. The van der Waals surface area contributed by atoms with Gasteiger partial charge in [0.1, 0.15) is 11.6 Å². The molecule has 1 N–H and O–H groups in total. The van der Waals surface area contributed by atoms with Crippen LogP contribution in [0.2, 0.25) is 0 Å². The summed E-state index contributed by atoms with van der Waals surface area (Å²) in [5.74, 6) is 2.95. The molecule has 0 aliphatic heterocycles. The summed E-state index contributed by atoms with van der Waals surface area (Å²) >= 11 is 1.47. The van der Waals surface area contributed by atoms with Crippen LogP contribution in [0.5, 0.6) is 5.75 Å². The fourth-order valence-electron chi connectivity index (χ4n) is 4.14. The number of amides is 1. The standard InChI is InChI=1S/C23H34N4O2S/c1-16-8-5-6-10-19(16)24-22(28)15-30-23-26-25-21(27(23)3)11-7-9-18-12-13-20(29-4)17(2)14-18/h12-14,16,19H,5-11,15H2,1-4H3,(H,24,28)/t16-,19+/m1/s1. The van der Waals surface area contributed by atoms with E-state index >= 15 is 0 Å². The monoisotopic (exact) mass is 430 g/mol. The lowest BCUT2D eigenvalue weighted by molar-refractivity contribution is -0.119. The van der Waals surface area contributed by atoms with Crippen LogP contribution in [-0.4, -0.2) is 39.6 Å². The molecule has 2 aromatic rings. The van der Waals surface area contributed by atoms with E-state index in [9.17, 15) is 4.79 Å². The Hall–Kier alpha value is -2.02. The number of thioether (sulfide) groups is 1. The van der Waals surface area contributed by atoms with Gasteiger partial charge in [-0.3, -0.25) is 4.79 Å². The Balaban J connectivity index is 1.45. The molecular formula is C23H34N4O2S. The summed E-state index contributed by atoms with van der Waals surface area (Å²) in [6.07, 6.45) is 7.65. The van der Waals surface area contributed by atoms with Crippen LogP contribution in [0.15, 0.2) is 23.4 Å². The summed E-state index contributed by atoms with van der Waals surface area (Å²) in [5.41, 5.74) is 2.46. The van der Waals surface area contributed by atoms with Crippen LogP contribution in [0.1, 0.15) is 56.0 Å². The van der Waals surface area contributed by atoms with Crippen molar-refractivity contribution in [1.82, 2.24) is 20.1 Å². The number of benzene rings is 1. The number of rotatable bonds is 9. The molecule has 3 rings (SSSR count). The number of nitrogens with zero attached hydrogens (tertiary/aromatic N) is 3. The molecule has 0 saturated heterocycles. The normalized spacial score (nSPS) is 18.9. The van der Waals surface area contributed by atoms with E-state index in [0.29, 0.717) is 17.7 Å². The quantitative estimate of drug-likeness (QED) is 0.607. The van der Waals surface area contributed by atoms with Crippen LogP contribution < -0.4 is 10.1 Å². The molecular weight excluding hydrogens is 396 g/mol. The Labute approximate surface area is 184 Å². The first-order valence-corrected chi connectivity index (χ1v) is 11.9. The molecule has 1 aliphatic rings. The smallest absolute Gasteiger partial charge is 0.230 e. The molecule has 2 atom stereocenters. The molecule has 1 amide bonds. The molecule has 30 heavy (non-hydrogen) atoms. The first kappa shape index (κ1) is 22.7. The number of aryl methyl sites for hydroxylation is 3. The average Bonchev–Trinajstić information content (AvgIpc) is 3.08. The zero-order chi connectivity index (χ0) is 21.5. The lowest BCUT2D eigenvalue weighted by Gasteiger charge is -2.29. The Bertz CT molecular complexity index is 852. The highest BCUT2D eigenvalue weighted by Crippen LogP contribution is 2.24. The van der Waals surface area contributed by atoms with Gasteiger partial charge in [0.2, 0.25) is 5.91 Å². The first-order chi connectivity index (χ1) is 14.5. The van der Waals surface area contributed by atoms with Gasteiger partial charge in [0.05, 0.1) is 12.9 Å². The first-order valence-electron chi connectivity index (χ1n) is 10.9. The van der Waals surface area contributed by atoms with E-state index in [1.165, 1.54) is 36.6 Å². The molecule has 1 fully saturated rings. The predicted octanol–water partition coefficient (Wildman–Crippen LogP) is 4.09. The van der Waals surface area contributed by atoms with Crippen LogP contribution in [0.4, 0.5) is 0 Å². The van der Waals surface area contributed by atoms with Crippen molar-refractivity contribution in [3.63, 3.8) is 0 Å². The second-order valence-corrected chi connectivity index (χ2v) is 9.28. The van der Waals surface area contributed by atoms with E-state index in [4.69, 9.17) is 4.74 Å². The van der Waals surface area contributed by atoms with Crippen molar-refractivity contribution in [2.45, 2.75) is 70.0 Å². The highest BCUT2D eigenvalue weighted by molar-refractivity contribution is 7.99. The minimum absolute atomic E-state index is 0.0955. The van der Waals surface area contributed by atoms with Gasteiger partial charge in [0.15, 0.2) is 5.16 Å². The van der Waals surface area contributed by atoms with Gasteiger partial charge in [0, 0.05) is 19.5 Å². The van der Waals surface area contributed by atoms with Crippen molar-refractivity contribution < 1.29 is 9.53 Å². The minimum atomic E-state index is 0.0955. The van der Waals surface area contributed by atoms with Gasteiger partial charge in [-0.25, -0.2) is 0 Å². The summed E-state index contributed by atoms with van der Waals surface area (Å²) in [6, 6.07) is 6.66. The maximum absolute atomic E-state index is 12.4. The summed E-state index contributed by atoms with van der Waals surface area (Å²) in [6.45, 7) is 4.30. The largest absolute Gasteiger partial charge is 0.496 e. The van der Waals surface area contributed by atoms with Crippen molar-refractivity contribution in [3.8, 4) is 5.75 Å². The predicted molar refractivity (Wildman–Crippen MR) is 121 cm³/mol. The maximum Gasteiger partial charge on any atom is 0.230 e. The fraction of sp³-hybridized carbons (Fsp3) is 0.609. The Morgan fingerprint density at radius 2 is 2.07 bits per heavy atom. The topological polar surface area (TPSA) is 69.0 Å². The van der Waals surface area contributed by atoms with E-state index in [1.807, 2.05) is 17.7 Å². The van der Waals surface area contributed by atoms with Crippen molar-refractivity contribution in [2.24, 2.45) is 13.0 Å². The van der Waals surface area contributed by atoms with Gasteiger partial charge in [-0.05, 0) is 55.7 Å². The molecule has 1 saturated carbocycles. The van der Waals surface area contributed by atoms with Gasteiger partial charge >= 0.3 is 0 Å². The number of aromatic nitrogens is 3. The molecule has 1 aromatic carbocycles. The van der Waals surface area contributed by atoms with Gasteiger partial charge in [-0.2, -0.15) is 0 Å². The van der Waals surface area contributed by atoms with Crippen LogP contribution in [0.25, 0.3) is 0 Å². The van der Waals surface area contributed by atoms with Crippen LogP contribution in [-0.2, 0) is 24.7 Å². The number of carbonyl (C=O) groups excluding carboxylic acids is 1. The van der Waals surface area contributed by atoms with E-state index < -0.39 is 0 Å². The summed E-state index contributed by atoms with van der Waals surface area (Å²) in [4.78, 5) is 12.4. The molecule has 1 aliphatic carbocycles. The molecule has 0 spiro atoms. The van der Waals surface area contributed by atoms with Gasteiger partial charge < -0.3 is 14.6 Å². The van der Waals surface area contributed by atoms with E-state index in [1.54, 1.807) is 7.11 Å². The number of hydrogen-bond acceptors (Lipinski definition) is 5. The Morgan fingerprint density at radius 1 is 1.27 bits per heavy atom. The Morgan fingerprint density at radius 3 is 2.80 bits per heavy atom. The van der Waals surface area contributed by atoms with Crippen molar-refractivity contribution in [2.75, 3.05) is 12.9 Å². The number of carbonyl (C=O) groups is 1. The lowest BCUT2D eigenvalue weighted by Crippen LogP contribution is -2.41. The van der Waals surface area contributed by atoms with E-state index in [0.717, 1.165) is 48.0 Å². The molecule has 164 valence electrons. The molecule has 0 unspecified atom stereocenters. The number of nitrogens with one attached hydrogen (secondary N) is 1. The van der Waals surface area contributed by atoms with Crippen molar-refractivity contribution >= 4 is 17.7 Å². The third-order valence-corrected chi connectivity index (χ3v) is 7.06. The molecule has 0 bridgehead atoms. The van der Waals surface area contributed by atoms with Gasteiger partial charge in [-0.1, -0.05) is 43.7 Å². The second kappa shape index (κ2) is 10.8. The second-order valence-electron chi connectivity index (χ2n) is 8.34. The number of methoxy groups -OCH3 is 1. The summed E-state index contributed by atoms with van der Waals surface area (Å²) in [7, 11) is 3.68. The van der Waals surface area contributed by atoms with E-state index in [2.05, 4.69) is 41.5 Å². The molecule has 0 radical (unpaired) electrons. The lowest BCUT2D eigenvalue weighted by atomic mass is 9.86. The molecule has 7 heteroatoms. The van der Waals surface area contributed by atoms with Gasteiger partial charge in [-0.15, -0.1) is 10.2 Å². The highest BCUT2D eigenvalue weighted by atomic mass is 32.2. The van der Waals surface area contributed by atoms with E-state index in [-0.39, 0.29) is 5.91 Å². The maximum atomic E-state index is 12.4. The highest BCUT2D eigenvalue weighted by Gasteiger charge is 2.23. The van der Waals surface area contributed by atoms with Crippen molar-refractivity contribution in [3.05, 3.63) is 35.2 Å². The van der Waals surface area contributed by atoms with Crippen LogP contribution in [0.3, 0.4) is 0 Å². The SMILES string of the molecule is COc1ccc(CCCc2nnc(SCC(=O)N[C@H]3CCCC[C@H]3C)n2C)cc1C. The Kier molecular flexibility index (Phi) is 8.19. The number of ether oxygens (including phenoxy) is 1. The summed E-state index contributed by atoms with van der Waals surface area (Å²) < 4.78 is 7.34. The average molecular weight is 431 g/mol. The minimum Gasteiger partial charge on any atom is -0.496 e. The number of hydrogen-bond donors (Lipinski definition) is 1. The van der Waals surface area contributed by atoms with Crippen LogP contribution >= 0.6 is 11.8 Å². The zero-order valence-corrected chi connectivity index (χ0v) is 19.4. The zero-order valence-electron chi connectivity index (χ0n) is 18.6. The van der Waals surface area contributed by atoms with Gasteiger partial charge in [0.25, 0.3) is 0 Å².